The van der Waals surface area contributed by atoms with E-state index in [4.69, 9.17) is 0 Å². The van der Waals surface area contributed by atoms with E-state index in [1.165, 1.54) is 0 Å². The lowest BCUT2D eigenvalue weighted by Gasteiger charge is -2.18. The summed E-state index contributed by atoms with van der Waals surface area (Å²) in [5.41, 5.74) is 1.72. The molecule has 3 aromatic carbocycles. The van der Waals surface area contributed by atoms with Gasteiger partial charge < -0.3 is 5.11 Å². The Labute approximate surface area is 151 Å². The maximum Gasteiger partial charge on any atom is 0.359 e. The van der Waals surface area contributed by atoms with Crippen molar-refractivity contribution in [3.8, 4) is 0 Å². The summed E-state index contributed by atoms with van der Waals surface area (Å²) in [4.78, 5) is 21.5. The molecule has 1 aliphatic heterocycles. The van der Waals surface area contributed by atoms with E-state index in [1.54, 1.807) is 24.3 Å². The zero-order valence-electron chi connectivity index (χ0n) is 13.9. The molecule has 0 bridgehead atoms. The van der Waals surface area contributed by atoms with E-state index in [1.807, 2.05) is 66.7 Å². The second kappa shape index (κ2) is 6.41. The van der Waals surface area contributed by atoms with Crippen LogP contribution in [0.4, 0.5) is 0 Å². The Morgan fingerprint density at radius 3 is 1.42 bits per heavy atom. The lowest BCUT2D eigenvalue weighted by Crippen LogP contribution is -2.30. The summed E-state index contributed by atoms with van der Waals surface area (Å²) in [6.07, 6.45) is 0. The lowest BCUT2D eigenvalue weighted by molar-refractivity contribution is -0.143. The SMILES string of the molecule is O=C(O)C1(c2ccccc2)N=C(c2ccccc2)C(c2ccccc2)=N1. The summed E-state index contributed by atoms with van der Waals surface area (Å²) in [7, 11) is 0. The van der Waals surface area contributed by atoms with Crippen molar-refractivity contribution in [2.75, 3.05) is 0 Å². The highest BCUT2D eigenvalue weighted by Gasteiger charge is 2.45. The van der Waals surface area contributed by atoms with E-state index in [2.05, 4.69) is 9.98 Å². The molecule has 4 rings (SSSR count). The van der Waals surface area contributed by atoms with E-state index >= 15 is 0 Å². The predicted molar refractivity (Wildman–Crippen MR) is 102 cm³/mol. The van der Waals surface area contributed by atoms with Gasteiger partial charge in [-0.25, -0.2) is 14.8 Å². The van der Waals surface area contributed by atoms with Crippen LogP contribution < -0.4 is 0 Å². The predicted octanol–water partition coefficient (Wildman–Crippen LogP) is 3.92. The average molecular weight is 340 g/mol. The summed E-state index contributed by atoms with van der Waals surface area (Å²) < 4.78 is 0. The second-order valence-electron chi connectivity index (χ2n) is 6.00. The van der Waals surface area contributed by atoms with Crippen LogP contribution in [0, 0.1) is 0 Å². The van der Waals surface area contributed by atoms with Gasteiger partial charge in [0.05, 0.1) is 11.4 Å². The third-order valence-corrected chi connectivity index (χ3v) is 4.34. The molecule has 126 valence electrons. The Balaban J connectivity index is 1.98. The van der Waals surface area contributed by atoms with Gasteiger partial charge in [-0.05, 0) is 0 Å². The topological polar surface area (TPSA) is 62.0 Å². The van der Waals surface area contributed by atoms with E-state index in [-0.39, 0.29) is 0 Å². The maximum absolute atomic E-state index is 12.3. The van der Waals surface area contributed by atoms with Crippen molar-refractivity contribution in [3.63, 3.8) is 0 Å². The number of carboxylic acids is 1. The first-order valence-electron chi connectivity index (χ1n) is 8.30. The van der Waals surface area contributed by atoms with Crippen molar-refractivity contribution >= 4 is 17.4 Å². The molecule has 1 heterocycles. The van der Waals surface area contributed by atoms with Crippen LogP contribution in [0.25, 0.3) is 0 Å². The van der Waals surface area contributed by atoms with Crippen molar-refractivity contribution < 1.29 is 9.90 Å². The van der Waals surface area contributed by atoms with Gasteiger partial charge in [0, 0.05) is 16.7 Å². The van der Waals surface area contributed by atoms with Gasteiger partial charge in [-0.1, -0.05) is 91.0 Å². The normalized spacial score (nSPS) is 15.2. The molecule has 0 atom stereocenters. The molecule has 0 unspecified atom stereocenters. The number of aliphatic carboxylic acids is 1. The van der Waals surface area contributed by atoms with Crippen LogP contribution in [-0.4, -0.2) is 22.5 Å². The Morgan fingerprint density at radius 2 is 1.04 bits per heavy atom. The lowest BCUT2D eigenvalue weighted by atomic mass is 10.0. The first kappa shape index (κ1) is 16.0. The van der Waals surface area contributed by atoms with Gasteiger partial charge in [-0.2, -0.15) is 0 Å². The zero-order valence-corrected chi connectivity index (χ0v) is 13.9. The average Bonchev–Trinajstić information content (AvgIpc) is 3.12. The fourth-order valence-electron chi connectivity index (χ4n) is 3.07. The van der Waals surface area contributed by atoms with Crippen LogP contribution in [0.1, 0.15) is 16.7 Å². The molecule has 1 aliphatic rings. The molecule has 0 radical (unpaired) electrons. The highest BCUT2D eigenvalue weighted by molar-refractivity contribution is 6.55. The van der Waals surface area contributed by atoms with Crippen LogP contribution >= 0.6 is 0 Å². The Bertz CT molecular complexity index is 939. The molecule has 0 spiro atoms. The van der Waals surface area contributed by atoms with E-state index in [0.717, 1.165) is 11.1 Å². The molecule has 1 N–H and O–H groups in total. The fourth-order valence-corrected chi connectivity index (χ4v) is 3.07. The highest BCUT2D eigenvalue weighted by atomic mass is 16.4. The first-order valence-corrected chi connectivity index (χ1v) is 8.30. The largest absolute Gasteiger partial charge is 0.478 e. The fraction of sp³-hybridized carbons (Fsp3) is 0.0455. The van der Waals surface area contributed by atoms with Crippen LogP contribution in [0.2, 0.25) is 0 Å². The number of aliphatic imine (C=N–C) groups is 2. The summed E-state index contributed by atoms with van der Waals surface area (Å²) in [6, 6.07) is 28.1. The number of carbonyl (C=O) groups is 1. The van der Waals surface area contributed by atoms with Crippen LogP contribution in [0.5, 0.6) is 0 Å². The molecule has 4 nitrogen and oxygen atoms in total. The Hall–Kier alpha value is -3.53. The van der Waals surface area contributed by atoms with Gasteiger partial charge in [0.15, 0.2) is 0 Å². The Kier molecular flexibility index (Phi) is 3.93. The van der Waals surface area contributed by atoms with Crippen molar-refractivity contribution in [1.29, 1.82) is 0 Å². The van der Waals surface area contributed by atoms with Crippen molar-refractivity contribution in [2.24, 2.45) is 9.98 Å². The minimum atomic E-state index is -1.67. The third-order valence-electron chi connectivity index (χ3n) is 4.34. The van der Waals surface area contributed by atoms with E-state index < -0.39 is 11.6 Å². The van der Waals surface area contributed by atoms with Gasteiger partial charge in [0.1, 0.15) is 0 Å². The summed E-state index contributed by atoms with van der Waals surface area (Å²) >= 11 is 0. The van der Waals surface area contributed by atoms with Crippen LogP contribution in [0.15, 0.2) is 101 Å². The Morgan fingerprint density at radius 1 is 0.654 bits per heavy atom. The van der Waals surface area contributed by atoms with Gasteiger partial charge in [-0.3, -0.25) is 0 Å². The minimum absolute atomic E-state index is 0.534. The summed E-state index contributed by atoms with van der Waals surface area (Å²) in [6.45, 7) is 0. The first-order chi connectivity index (χ1) is 12.7. The second-order valence-corrected chi connectivity index (χ2v) is 6.00. The van der Waals surface area contributed by atoms with Crippen molar-refractivity contribution in [2.45, 2.75) is 5.66 Å². The van der Waals surface area contributed by atoms with Gasteiger partial charge >= 0.3 is 5.97 Å². The number of hydrogen-bond acceptors (Lipinski definition) is 3. The van der Waals surface area contributed by atoms with Gasteiger partial charge in [0.25, 0.3) is 5.66 Å². The molecule has 0 fully saturated rings. The molecule has 0 aromatic heterocycles. The number of nitrogens with zero attached hydrogens (tertiary/aromatic N) is 2. The van der Waals surface area contributed by atoms with E-state index in [9.17, 15) is 9.90 Å². The maximum atomic E-state index is 12.3. The third kappa shape index (κ3) is 2.62. The minimum Gasteiger partial charge on any atom is -0.478 e. The van der Waals surface area contributed by atoms with E-state index in [0.29, 0.717) is 17.0 Å². The molecule has 26 heavy (non-hydrogen) atoms. The molecule has 0 aliphatic carbocycles. The van der Waals surface area contributed by atoms with Gasteiger partial charge in [-0.15, -0.1) is 0 Å². The summed E-state index contributed by atoms with van der Waals surface area (Å²) in [5.74, 6) is -1.09. The molecule has 3 aromatic rings. The quantitative estimate of drug-likeness (QED) is 0.782. The number of benzene rings is 3. The van der Waals surface area contributed by atoms with Crippen LogP contribution in [-0.2, 0) is 10.5 Å². The molecule has 4 heteroatoms. The number of carboxylic acid groups (broad SMARTS) is 1. The molecular weight excluding hydrogens is 324 g/mol. The molecular formula is C22H16N2O2. The molecule has 0 saturated heterocycles. The molecule has 0 amide bonds. The van der Waals surface area contributed by atoms with Crippen LogP contribution in [0.3, 0.4) is 0 Å². The monoisotopic (exact) mass is 340 g/mol. The highest BCUT2D eigenvalue weighted by Crippen LogP contribution is 2.35. The summed E-state index contributed by atoms with van der Waals surface area (Å²) in [5, 5.41) is 10.0. The number of hydrogen-bond donors (Lipinski definition) is 1. The van der Waals surface area contributed by atoms with Crippen molar-refractivity contribution in [1.82, 2.24) is 0 Å². The smallest absolute Gasteiger partial charge is 0.359 e. The molecule has 0 saturated carbocycles. The standard InChI is InChI=1S/C22H16N2O2/c25-21(26)22(18-14-8-3-9-15-18)23-19(16-10-4-1-5-11-16)20(24-22)17-12-6-2-7-13-17/h1-15H,(H,25,26). The zero-order chi connectivity index (χ0) is 18.0. The van der Waals surface area contributed by atoms with Gasteiger partial charge in [0.2, 0.25) is 0 Å². The van der Waals surface area contributed by atoms with Crippen molar-refractivity contribution in [3.05, 3.63) is 108 Å². The number of rotatable bonds is 4.